The number of alkyl halides is 5. The summed E-state index contributed by atoms with van der Waals surface area (Å²) in [4.78, 5) is 55.1. The van der Waals surface area contributed by atoms with Gasteiger partial charge in [0.2, 0.25) is 5.91 Å². The average Bonchev–Trinajstić information content (AvgIpc) is 3.81. The van der Waals surface area contributed by atoms with Crippen LogP contribution in [0.3, 0.4) is 0 Å². The van der Waals surface area contributed by atoms with Crippen molar-refractivity contribution < 1.29 is 46.2 Å². The number of anilines is 1. The van der Waals surface area contributed by atoms with Gasteiger partial charge in [-0.15, -0.1) is 0 Å². The number of halogens is 5. The molecule has 18 heteroatoms. The second kappa shape index (κ2) is 15.4. The summed E-state index contributed by atoms with van der Waals surface area (Å²) >= 11 is 0. The number of imidazole rings is 1. The minimum atomic E-state index is -4.93. The third-order valence-electron chi connectivity index (χ3n) is 8.09. The number of hydrogen-bond acceptors (Lipinski definition) is 7. The van der Waals surface area contributed by atoms with E-state index in [0.29, 0.717) is 60.6 Å². The highest BCUT2D eigenvalue weighted by molar-refractivity contribution is 6.03. The summed E-state index contributed by atoms with van der Waals surface area (Å²) < 4.78 is 68.2. The van der Waals surface area contributed by atoms with Gasteiger partial charge < -0.3 is 30.1 Å². The lowest BCUT2D eigenvalue weighted by Crippen LogP contribution is -2.52. The Bertz CT molecular complexity index is 1630. The summed E-state index contributed by atoms with van der Waals surface area (Å²) in [5, 5.41) is 16.0. The summed E-state index contributed by atoms with van der Waals surface area (Å²) in [5.74, 6) is -1.03. The van der Waals surface area contributed by atoms with E-state index >= 15 is 0 Å². The molecule has 0 bridgehead atoms. The Balaban J connectivity index is 0.00000167. The predicted molar refractivity (Wildman–Crippen MR) is 161 cm³/mol. The number of nitrogens with zero attached hydrogens (tertiary/aromatic N) is 6. The molecule has 260 valence electrons. The van der Waals surface area contributed by atoms with Gasteiger partial charge in [-0.1, -0.05) is 6.92 Å². The molecule has 48 heavy (non-hydrogen) atoms. The van der Waals surface area contributed by atoms with E-state index < -0.39 is 36.3 Å². The third-order valence-corrected chi connectivity index (χ3v) is 8.09. The van der Waals surface area contributed by atoms with E-state index in [4.69, 9.17) is 9.90 Å². The van der Waals surface area contributed by atoms with Crippen LogP contribution in [0.4, 0.5) is 27.6 Å². The van der Waals surface area contributed by atoms with E-state index in [1.54, 1.807) is 23.1 Å². The van der Waals surface area contributed by atoms with E-state index in [0.717, 1.165) is 29.9 Å². The number of hydrogen-bond donors (Lipinski definition) is 3. The minimum Gasteiger partial charge on any atom is -0.483 e. The lowest BCUT2D eigenvalue weighted by molar-refractivity contribution is -0.141. The molecule has 0 saturated carbocycles. The SMILES string of the molecule is CCc1cc(NC(=O)c2ncc(-c3cn(CC(F)F)nc3C(F)(F)F)n2C)ccc1C(=O)N1CCN(C(=O)[C@@H]2CCNC2)CC1.O=CO. The molecule has 0 unspecified atom stereocenters. The first-order valence-electron chi connectivity index (χ1n) is 15.0. The number of nitrogens with one attached hydrogen (secondary N) is 2. The van der Waals surface area contributed by atoms with Gasteiger partial charge in [-0.25, -0.2) is 13.8 Å². The second-order valence-electron chi connectivity index (χ2n) is 11.1. The standard InChI is InChI=1S/C29H33F5N8O3.CH2O2/c1-3-17-12-19(4-5-20(17)28(45)41-10-8-40(9-11-41)27(44)18-6-7-35-13-18)37-26(43)25-36-14-22(39(25)2)21-15-42(16-23(30)31)38-24(21)29(32,33)34;2-1-3/h4-5,12,14-15,18,23,35H,3,6-11,13,16H2,1-2H3,(H,37,43);1H,(H,2,3)/t18-;/m1./s1. The van der Waals surface area contributed by atoms with E-state index in [2.05, 4.69) is 20.7 Å². The van der Waals surface area contributed by atoms with Crippen molar-refractivity contribution in [3.05, 3.63) is 53.2 Å². The molecule has 0 aliphatic carbocycles. The summed E-state index contributed by atoms with van der Waals surface area (Å²) in [6, 6.07) is 4.81. The van der Waals surface area contributed by atoms with Crippen molar-refractivity contribution in [3.63, 3.8) is 0 Å². The molecule has 5 rings (SSSR count). The Morgan fingerprint density at radius 1 is 1.15 bits per heavy atom. The Morgan fingerprint density at radius 3 is 2.40 bits per heavy atom. The third kappa shape index (κ3) is 8.15. The zero-order chi connectivity index (χ0) is 35.2. The molecule has 1 atom stereocenters. The largest absolute Gasteiger partial charge is 0.483 e. The smallest absolute Gasteiger partial charge is 0.435 e. The Hall–Kier alpha value is -4.87. The molecule has 13 nitrogen and oxygen atoms in total. The van der Waals surface area contributed by atoms with Crippen LogP contribution in [0.15, 0.2) is 30.6 Å². The van der Waals surface area contributed by atoms with Gasteiger partial charge in [0.15, 0.2) is 11.5 Å². The number of carboxylic acid groups (broad SMARTS) is 1. The first-order valence-corrected chi connectivity index (χ1v) is 15.0. The summed E-state index contributed by atoms with van der Waals surface area (Å²) in [6.45, 7) is 3.82. The number of aromatic nitrogens is 4. The predicted octanol–water partition coefficient (Wildman–Crippen LogP) is 2.98. The van der Waals surface area contributed by atoms with Gasteiger partial charge >= 0.3 is 6.18 Å². The number of amides is 3. The van der Waals surface area contributed by atoms with Crippen LogP contribution in [-0.2, 0) is 35.8 Å². The zero-order valence-electron chi connectivity index (χ0n) is 26.1. The molecule has 4 heterocycles. The van der Waals surface area contributed by atoms with E-state index in [9.17, 15) is 36.3 Å². The normalized spacial score (nSPS) is 16.5. The Labute approximate surface area is 271 Å². The molecule has 2 aromatic heterocycles. The summed E-state index contributed by atoms with van der Waals surface area (Å²) in [7, 11) is 1.33. The van der Waals surface area contributed by atoms with Gasteiger partial charge in [-0.05, 0) is 43.1 Å². The molecule has 0 spiro atoms. The van der Waals surface area contributed by atoms with E-state index in [-0.39, 0.29) is 35.7 Å². The van der Waals surface area contributed by atoms with E-state index in [1.807, 2.05) is 11.8 Å². The summed E-state index contributed by atoms with van der Waals surface area (Å²) in [5.41, 5.74) is -0.506. The second-order valence-corrected chi connectivity index (χ2v) is 11.1. The zero-order valence-corrected chi connectivity index (χ0v) is 26.1. The summed E-state index contributed by atoms with van der Waals surface area (Å²) in [6.07, 6.45) is -4.65. The molecule has 2 saturated heterocycles. The average molecular weight is 683 g/mol. The van der Waals surface area contributed by atoms with Crippen LogP contribution in [0.2, 0.25) is 0 Å². The molecule has 3 amide bonds. The van der Waals surface area contributed by atoms with Crippen molar-refractivity contribution >= 4 is 29.9 Å². The highest BCUT2D eigenvalue weighted by atomic mass is 19.4. The molecule has 3 N–H and O–H groups in total. The monoisotopic (exact) mass is 682 g/mol. The number of carbonyl (C=O) groups is 4. The number of aryl methyl sites for hydroxylation is 1. The van der Waals surface area contributed by atoms with Crippen LogP contribution >= 0.6 is 0 Å². The minimum absolute atomic E-state index is 0.0200. The van der Waals surface area contributed by atoms with Crippen LogP contribution in [-0.4, -0.2) is 104 Å². The quantitative estimate of drug-likeness (QED) is 0.242. The molecule has 1 aromatic carbocycles. The van der Waals surface area contributed by atoms with Gasteiger partial charge in [-0.3, -0.25) is 23.9 Å². The highest BCUT2D eigenvalue weighted by Gasteiger charge is 2.39. The fourth-order valence-electron chi connectivity index (χ4n) is 5.71. The van der Waals surface area contributed by atoms with Crippen LogP contribution in [0.5, 0.6) is 0 Å². The molecule has 0 radical (unpaired) electrons. The first-order chi connectivity index (χ1) is 22.8. The fourth-order valence-corrected chi connectivity index (χ4v) is 5.71. The van der Waals surface area contributed by atoms with Crippen LogP contribution in [0, 0.1) is 5.92 Å². The first kappa shape index (κ1) is 36.0. The van der Waals surface area contributed by atoms with Crippen molar-refractivity contribution in [3.8, 4) is 11.3 Å². The lowest BCUT2D eigenvalue weighted by atomic mass is 10.0. The van der Waals surface area contributed by atoms with Gasteiger partial charge in [0, 0.05) is 57.2 Å². The molecular weight excluding hydrogens is 647 g/mol. The molecule has 2 aliphatic rings. The van der Waals surface area contributed by atoms with Crippen molar-refractivity contribution in [1.82, 2.24) is 34.4 Å². The molecule has 2 fully saturated rings. The maximum Gasteiger partial charge on any atom is 0.435 e. The van der Waals surface area contributed by atoms with Gasteiger partial charge in [0.25, 0.3) is 24.7 Å². The fraction of sp³-hybridized carbons (Fsp3) is 0.467. The maximum atomic E-state index is 13.6. The Morgan fingerprint density at radius 2 is 1.81 bits per heavy atom. The number of benzene rings is 1. The van der Waals surface area contributed by atoms with Crippen molar-refractivity contribution in [2.45, 2.75) is 38.9 Å². The van der Waals surface area contributed by atoms with Crippen LogP contribution in [0.25, 0.3) is 11.3 Å². The van der Waals surface area contributed by atoms with Crippen LogP contribution in [0.1, 0.15) is 45.6 Å². The number of carbonyl (C=O) groups excluding carboxylic acids is 3. The maximum absolute atomic E-state index is 13.6. The number of rotatable bonds is 8. The topological polar surface area (TPSA) is 155 Å². The highest BCUT2D eigenvalue weighted by Crippen LogP contribution is 2.36. The van der Waals surface area contributed by atoms with E-state index in [1.165, 1.54) is 7.05 Å². The van der Waals surface area contributed by atoms with Crippen molar-refractivity contribution in [2.75, 3.05) is 44.6 Å². The lowest BCUT2D eigenvalue weighted by Gasteiger charge is -2.36. The van der Waals surface area contributed by atoms with Gasteiger partial charge in [0.05, 0.1) is 23.4 Å². The molecule has 3 aromatic rings. The van der Waals surface area contributed by atoms with Crippen LogP contribution < -0.4 is 10.6 Å². The number of piperazine rings is 1. The van der Waals surface area contributed by atoms with Crippen molar-refractivity contribution in [1.29, 1.82) is 0 Å². The molecule has 2 aliphatic heterocycles. The molecular formula is C30H35F5N8O5. The van der Waals surface area contributed by atoms with Crippen molar-refractivity contribution in [2.24, 2.45) is 13.0 Å². The Kier molecular flexibility index (Phi) is 11.5. The van der Waals surface area contributed by atoms with Gasteiger partial charge in [0.1, 0.15) is 6.54 Å². The van der Waals surface area contributed by atoms with Gasteiger partial charge in [-0.2, -0.15) is 18.3 Å².